The normalized spacial score (nSPS) is 23.1. The van der Waals surface area contributed by atoms with Crippen molar-refractivity contribution >= 4 is 17.3 Å². The highest BCUT2D eigenvalue weighted by atomic mass is 16.6. The van der Waals surface area contributed by atoms with Gasteiger partial charge in [0.1, 0.15) is 6.33 Å². The van der Waals surface area contributed by atoms with Gasteiger partial charge in [0, 0.05) is 26.2 Å². The second-order valence-corrected chi connectivity index (χ2v) is 6.99. The predicted molar refractivity (Wildman–Crippen MR) is 89.9 cm³/mol. The van der Waals surface area contributed by atoms with Crippen molar-refractivity contribution in [2.24, 2.45) is 11.8 Å². The molecule has 2 aliphatic heterocycles. The van der Waals surface area contributed by atoms with Gasteiger partial charge in [-0.1, -0.05) is 13.8 Å². The minimum Gasteiger partial charge on any atom is -0.351 e. The second kappa shape index (κ2) is 6.68. The molecule has 3 rings (SSSR count). The molecule has 7 nitrogen and oxygen atoms in total. The van der Waals surface area contributed by atoms with Crippen molar-refractivity contribution in [1.29, 1.82) is 0 Å². The van der Waals surface area contributed by atoms with Crippen molar-refractivity contribution in [3.8, 4) is 0 Å². The van der Waals surface area contributed by atoms with E-state index < -0.39 is 0 Å². The third-order valence-corrected chi connectivity index (χ3v) is 5.01. The lowest BCUT2D eigenvalue weighted by Gasteiger charge is -2.33. The largest absolute Gasteiger partial charge is 0.353 e. The summed E-state index contributed by atoms with van der Waals surface area (Å²) in [5.41, 5.74) is 0.0798. The molecule has 0 bridgehead atoms. The van der Waals surface area contributed by atoms with Crippen LogP contribution in [0.1, 0.15) is 39.5 Å². The van der Waals surface area contributed by atoms with E-state index in [2.05, 4.69) is 33.6 Å². The maximum absolute atomic E-state index is 11.7. The fourth-order valence-corrected chi connectivity index (χ4v) is 3.59. The zero-order valence-corrected chi connectivity index (χ0v) is 13.9. The molecular formula is C16H25N5O2. The van der Waals surface area contributed by atoms with Crippen molar-refractivity contribution in [2.45, 2.75) is 39.5 Å². The first-order chi connectivity index (χ1) is 11.1. The maximum atomic E-state index is 11.7. The predicted octanol–water partition coefficient (Wildman–Crippen LogP) is 2.86. The Bertz CT molecular complexity index is 572. The molecule has 3 heterocycles. The molecule has 0 amide bonds. The molecule has 0 radical (unpaired) electrons. The van der Waals surface area contributed by atoms with Crippen LogP contribution >= 0.6 is 0 Å². The number of rotatable bonds is 3. The molecule has 0 N–H and O–H groups in total. The Hall–Kier alpha value is -1.92. The Labute approximate surface area is 136 Å². The molecule has 2 fully saturated rings. The van der Waals surface area contributed by atoms with Crippen LogP contribution in [-0.4, -0.2) is 41.1 Å². The van der Waals surface area contributed by atoms with Gasteiger partial charge in [0.15, 0.2) is 0 Å². The van der Waals surface area contributed by atoms with Crippen molar-refractivity contribution in [3.05, 3.63) is 16.4 Å². The summed E-state index contributed by atoms with van der Waals surface area (Å²) in [5, 5.41) is 11.7. The fraction of sp³-hybridized carbons (Fsp3) is 0.750. The van der Waals surface area contributed by atoms with E-state index in [9.17, 15) is 10.1 Å². The molecule has 1 atom stereocenters. The van der Waals surface area contributed by atoms with Gasteiger partial charge in [-0.15, -0.1) is 0 Å². The molecule has 0 spiro atoms. The molecule has 0 aromatic carbocycles. The molecule has 126 valence electrons. The summed E-state index contributed by atoms with van der Waals surface area (Å²) < 4.78 is 0. The summed E-state index contributed by atoms with van der Waals surface area (Å²) >= 11 is 0. The topological polar surface area (TPSA) is 75.4 Å². The van der Waals surface area contributed by atoms with Crippen molar-refractivity contribution in [2.75, 3.05) is 36.0 Å². The SMILES string of the molecule is CC1CCN(c2ncnc(N3CCCC(C)C3)c2[N+](=O)[O-])CC1. The Morgan fingerprint density at radius 3 is 2.30 bits per heavy atom. The van der Waals surface area contributed by atoms with Crippen LogP contribution in [0.15, 0.2) is 6.33 Å². The van der Waals surface area contributed by atoms with Crippen LogP contribution in [0, 0.1) is 22.0 Å². The smallest absolute Gasteiger partial charge is 0.351 e. The maximum Gasteiger partial charge on any atom is 0.353 e. The molecule has 0 aliphatic carbocycles. The minimum atomic E-state index is -0.304. The summed E-state index contributed by atoms with van der Waals surface area (Å²) in [4.78, 5) is 24.1. The van der Waals surface area contributed by atoms with Crippen LogP contribution in [0.25, 0.3) is 0 Å². The first kappa shape index (κ1) is 16.0. The van der Waals surface area contributed by atoms with Gasteiger partial charge in [0.2, 0.25) is 11.6 Å². The van der Waals surface area contributed by atoms with Crippen LogP contribution in [0.3, 0.4) is 0 Å². The number of aromatic nitrogens is 2. The Morgan fingerprint density at radius 1 is 1.04 bits per heavy atom. The zero-order valence-electron chi connectivity index (χ0n) is 13.9. The lowest BCUT2D eigenvalue weighted by Crippen LogP contribution is -2.37. The van der Waals surface area contributed by atoms with E-state index in [1.807, 2.05) is 0 Å². The summed E-state index contributed by atoms with van der Waals surface area (Å²) in [5.74, 6) is 2.20. The Balaban J connectivity index is 1.94. The van der Waals surface area contributed by atoms with E-state index >= 15 is 0 Å². The highest BCUT2D eigenvalue weighted by Gasteiger charge is 2.32. The van der Waals surface area contributed by atoms with Gasteiger partial charge in [-0.2, -0.15) is 0 Å². The van der Waals surface area contributed by atoms with E-state index in [0.717, 1.165) is 45.4 Å². The number of hydrogen-bond acceptors (Lipinski definition) is 6. The molecule has 1 aromatic rings. The molecule has 7 heteroatoms. The van der Waals surface area contributed by atoms with Gasteiger partial charge in [-0.05, 0) is 37.5 Å². The summed E-state index contributed by atoms with van der Waals surface area (Å²) in [6, 6.07) is 0. The van der Waals surface area contributed by atoms with Gasteiger partial charge in [0.25, 0.3) is 0 Å². The van der Waals surface area contributed by atoms with Crippen LogP contribution in [-0.2, 0) is 0 Å². The molecule has 0 saturated carbocycles. The Kier molecular flexibility index (Phi) is 4.63. The summed E-state index contributed by atoms with van der Waals surface area (Å²) in [7, 11) is 0. The van der Waals surface area contributed by atoms with Gasteiger partial charge in [-0.25, -0.2) is 9.97 Å². The van der Waals surface area contributed by atoms with Gasteiger partial charge in [-0.3, -0.25) is 10.1 Å². The monoisotopic (exact) mass is 319 g/mol. The number of nitrogens with zero attached hydrogens (tertiary/aromatic N) is 5. The van der Waals surface area contributed by atoms with Crippen LogP contribution < -0.4 is 9.80 Å². The van der Waals surface area contributed by atoms with E-state index in [1.54, 1.807) is 0 Å². The first-order valence-corrected chi connectivity index (χ1v) is 8.55. The van der Waals surface area contributed by atoms with E-state index in [4.69, 9.17) is 0 Å². The molecular weight excluding hydrogens is 294 g/mol. The second-order valence-electron chi connectivity index (χ2n) is 6.99. The van der Waals surface area contributed by atoms with Crippen LogP contribution in [0.5, 0.6) is 0 Å². The summed E-state index contributed by atoms with van der Waals surface area (Å²) in [6.45, 7) is 7.73. The average molecular weight is 319 g/mol. The van der Waals surface area contributed by atoms with Gasteiger partial charge in [0.05, 0.1) is 4.92 Å². The van der Waals surface area contributed by atoms with Crippen LogP contribution in [0.4, 0.5) is 17.3 Å². The summed E-state index contributed by atoms with van der Waals surface area (Å²) in [6.07, 6.45) is 5.81. The van der Waals surface area contributed by atoms with E-state index in [0.29, 0.717) is 23.5 Å². The number of hydrogen-bond donors (Lipinski definition) is 0. The van der Waals surface area contributed by atoms with Crippen molar-refractivity contribution < 1.29 is 4.92 Å². The van der Waals surface area contributed by atoms with E-state index in [-0.39, 0.29) is 10.6 Å². The number of piperidine rings is 2. The van der Waals surface area contributed by atoms with E-state index in [1.165, 1.54) is 12.7 Å². The highest BCUT2D eigenvalue weighted by Crippen LogP contribution is 2.37. The third-order valence-electron chi connectivity index (χ3n) is 5.01. The van der Waals surface area contributed by atoms with Crippen molar-refractivity contribution in [3.63, 3.8) is 0 Å². The molecule has 1 unspecified atom stereocenters. The number of anilines is 2. The van der Waals surface area contributed by atoms with Gasteiger partial charge >= 0.3 is 5.69 Å². The third kappa shape index (κ3) is 3.38. The standard InChI is InChI=1S/C16H25N5O2/c1-12-5-8-19(9-6-12)15-14(21(22)23)16(18-11-17-15)20-7-3-4-13(2)10-20/h11-13H,3-10H2,1-2H3. The number of nitro groups is 1. The van der Waals surface area contributed by atoms with Crippen LogP contribution in [0.2, 0.25) is 0 Å². The van der Waals surface area contributed by atoms with Gasteiger partial charge < -0.3 is 9.80 Å². The highest BCUT2D eigenvalue weighted by molar-refractivity contribution is 5.71. The zero-order chi connectivity index (χ0) is 16.4. The molecule has 23 heavy (non-hydrogen) atoms. The first-order valence-electron chi connectivity index (χ1n) is 8.55. The molecule has 2 saturated heterocycles. The quantitative estimate of drug-likeness (QED) is 0.630. The minimum absolute atomic E-state index is 0.0798. The average Bonchev–Trinajstić information content (AvgIpc) is 2.55. The fourth-order valence-electron chi connectivity index (χ4n) is 3.59. The Morgan fingerprint density at radius 2 is 1.70 bits per heavy atom. The lowest BCUT2D eigenvalue weighted by molar-refractivity contribution is -0.383. The lowest BCUT2D eigenvalue weighted by atomic mass is 9.99. The molecule has 2 aliphatic rings. The molecule has 1 aromatic heterocycles. The van der Waals surface area contributed by atoms with Crippen molar-refractivity contribution in [1.82, 2.24) is 9.97 Å².